The summed E-state index contributed by atoms with van der Waals surface area (Å²) in [6.45, 7) is 2.00. The van der Waals surface area contributed by atoms with Crippen molar-refractivity contribution in [2.75, 3.05) is 12.8 Å². The molecule has 11 nitrogen and oxygen atoms in total. The molecule has 0 aliphatic rings. The van der Waals surface area contributed by atoms with Crippen LogP contribution < -0.4 is 22.5 Å². The molecule has 0 saturated heterocycles. The average molecular weight is 741 g/mol. The fraction of sp³-hybridized carbons (Fsp3) is 0.159. The number of benzene rings is 5. The molecule has 5 aromatic carbocycles. The number of nitriles is 1. The smallest absolute Gasteiger partial charge is 0.303 e. The zero-order valence-corrected chi connectivity index (χ0v) is 31.0. The van der Waals surface area contributed by atoms with Gasteiger partial charge < -0.3 is 41.8 Å². The molecule has 0 radical (unpaired) electrons. The molecule has 1 unspecified atom stereocenters. The van der Waals surface area contributed by atoms with E-state index in [9.17, 15) is 14.4 Å². The standard InChI is InChI=1S/C20H19N.C12H15N3O.C7H6N2.C4H6O3.CH2O/c1-21-20(17-11-5-2-6-12-17,18-13-7-3-8-14-18)19-15-9-4-10-16-19;1-15-7-8(6-10(13)12(14)16)9-4-2-3-5-11(9)15;8-5-6-1-3-7(9)4-2-6;5-3-1-2-4(6)7;1-2/h2-16,21H,1H3;2-5,7,10H,6,13H2,1H3,(H2,14,16);1-4H,9H2;3H,1-2H2,(H,6,7);1H2. The van der Waals surface area contributed by atoms with E-state index >= 15 is 0 Å². The number of carboxylic acids is 1. The van der Waals surface area contributed by atoms with Crippen LogP contribution in [0.2, 0.25) is 0 Å². The van der Waals surface area contributed by atoms with Gasteiger partial charge in [0.15, 0.2) is 0 Å². The fourth-order valence-corrected chi connectivity index (χ4v) is 5.66. The van der Waals surface area contributed by atoms with Crippen molar-refractivity contribution in [2.24, 2.45) is 18.5 Å². The van der Waals surface area contributed by atoms with Gasteiger partial charge in [0, 0.05) is 36.3 Å². The summed E-state index contributed by atoms with van der Waals surface area (Å²) in [5.74, 6) is -1.39. The number of nitrogens with one attached hydrogen (secondary N) is 1. The largest absolute Gasteiger partial charge is 0.481 e. The number of para-hydroxylation sites is 1. The Morgan fingerprint density at radius 2 is 1.29 bits per heavy atom. The number of carbonyl (C=O) groups excluding carboxylic acids is 3. The zero-order chi connectivity index (χ0) is 40.6. The Bertz CT molecular complexity index is 1980. The molecule has 11 heteroatoms. The topological polar surface area (TPSA) is 207 Å². The summed E-state index contributed by atoms with van der Waals surface area (Å²) in [6.07, 6.45) is 3.14. The Morgan fingerprint density at radius 1 is 0.836 bits per heavy atom. The summed E-state index contributed by atoms with van der Waals surface area (Å²) in [4.78, 5) is 38.0. The van der Waals surface area contributed by atoms with Gasteiger partial charge in [0.2, 0.25) is 5.91 Å². The van der Waals surface area contributed by atoms with Crippen LogP contribution in [0.4, 0.5) is 5.69 Å². The van der Waals surface area contributed by atoms with Crippen LogP contribution in [0, 0.1) is 11.3 Å². The molecule has 1 atom stereocenters. The van der Waals surface area contributed by atoms with E-state index in [-0.39, 0.29) is 18.4 Å². The molecule has 8 N–H and O–H groups in total. The number of amides is 1. The van der Waals surface area contributed by atoms with Crippen LogP contribution in [-0.4, -0.2) is 47.7 Å². The van der Waals surface area contributed by atoms with Crippen molar-refractivity contribution in [3.63, 3.8) is 0 Å². The molecule has 1 amide bonds. The second kappa shape index (κ2) is 23.6. The van der Waals surface area contributed by atoms with Gasteiger partial charge >= 0.3 is 5.97 Å². The Kier molecular flexibility index (Phi) is 19.0. The Balaban J connectivity index is 0.000000271. The van der Waals surface area contributed by atoms with Crippen LogP contribution >= 0.6 is 0 Å². The molecule has 1 aromatic heterocycles. The summed E-state index contributed by atoms with van der Waals surface area (Å²) in [7, 11) is 3.99. The normalized spacial score (nSPS) is 10.5. The van der Waals surface area contributed by atoms with Gasteiger partial charge in [0.25, 0.3) is 0 Å². The van der Waals surface area contributed by atoms with Crippen molar-refractivity contribution < 1.29 is 24.3 Å². The number of primary amides is 1. The third kappa shape index (κ3) is 13.2. The maximum Gasteiger partial charge on any atom is 0.303 e. The van der Waals surface area contributed by atoms with E-state index in [0.29, 0.717) is 24.0 Å². The van der Waals surface area contributed by atoms with Crippen LogP contribution in [0.15, 0.2) is 146 Å². The van der Waals surface area contributed by atoms with E-state index in [1.165, 1.54) is 16.7 Å². The predicted molar refractivity (Wildman–Crippen MR) is 218 cm³/mol. The third-order valence-electron chi connectivity index (χ3n) is 8.30. The lowest BCUT2D eigenvalue weighted by Crippen LogP contribution is -2.42. The predicted octanol–water partition coefficient (Wildman–Crippen LogP) is 5.74. The van der Waals surface area contributed by atoms with Crippen molar-refractivity contribution in [3.8, 4) is 6.07 Å². The Morgan fingerprint density at radius 3 is 1.67 bits per heavy atom. The first-order valence-electron chi connectivity index (χ1n) is 17.2. The van der Waals surface area contributed by atoms with Crippen molar-refractivity contribution in [3.05, 3.63) is 174 Å². The highest BCUT2D eigenvalue weighted by Gasteiger charge is 2.34. The number of aromatic nitrogens is 1. The van der Waals surface area contributed by atoms with Gasteiger partial charge in [-0.1, -0.05) is 109 Å². The van der Waals surface area contributed by atoms with Crippen molar-refractivity contribution in [2.45, 2.75) is 30.8 Å². The van der Waals surface area contributed by atoms with Crippen LogP contribution in [0.1, 0.15) is 40.7 Å². The zero-order valence-electron chi connectivity index (χ0n) is 31.0. The van der Waals surface area contributed by atoms with Crippen LogP contribution in [-0.2, 0) is 38.2 Å². The van der Waals surface area contributed by atoms with Crippen LogP contribution in [0.25, 0.3) is 10.9 Å². The lowest BCUT2D eigenvalue weighted by atomic mass is 9.77. The monoisotopic (exact) mass is 740 g/mol. The van der Waals surface area contributed by atoms with Gasteiger partial charge in [0.1, 0.15) is 13.1 Å². The molecule has 0 aliphatic carbocycles. The number of carbonyl (C=O) groups is 4. The highest BCUT2D eigenvalue weighted by atomic mass is 16.4. The van der Waals surface area contributed by atoms with Gasteiger partial charge in [-0.05, 0) is 66.1 Å². The number of rotatable bonds is 10. The number of hydrogen-bond donors (Lipinski definition) is 5. The molecule has 284 valence electrons. The number of aliphatic carboxylic acids is 1. The number of nitrogens with zero attached hydrogens (tertiary/aromatic N) is 2. The van der Waals surface area contributed by atoms with Crippen LogP contribution in [0.3, 0.4) is 0 Å². The number of hydrogen-bond acceptors (Lipinski definition) is 8. The molecule has 6 aromatic rings. The molecule has 1 heterocycles. The first-order chi connectivity index (χ1) is 26.6. The minimum atomic E-state index is -0.924. The van der Waals surface area contributed by atoms with Crippen molar-refractivity contribution in [1.29, 1.82) is 5.26 Å². The number of nitrogen functional groups attached to an aromatic ring is 1. The molecule has 0 saturated carbocycles. The molecular weight excluding hydrogens is 693 g/mol. The average Bonchev–Trinajstić information content (AvgIpc) is 3.54. The summed E-state index contributed by atoms with van der Waals surface area (Å²) in [5.41, 5.74) is 23.1. The number of anilines is 1. The van der Waals surface area contributed by atoms with E-state index in [2.05, 4.69) is 96.3 Å². The van der Waals surface area contributed by atoms with E-state index in [0.717, 1.165) is 16.5 Å². The highest BCUT2D eigenvalue weighted by Crippen LogP contribution is 2.36. The number of carboxylic acid groups (broad SMARTS) is 1. The third-order valence-corrected chi connectivity index (χ3v) is 8.30. The molecule has 55 heavy (non-hydrogen) atoms. The van der Waals surface area contributed by atoms with Gasteiger partial charge in [-0.15, -0.1) is 0 Å². The van der Waals surface area contributed by atoms with Gasteiger partial charge in [-0.2, -0.15) is 5.26 Å². The van der Waals surface area contributed by atoms with E-state index in [4.69, 9.17) is 32.4 Å². The SMILES string of the molecule is C=O.CNC(c1ccccc1)(c1ccccc1)c1ccccc1.Cn1cc(CC(N)C(N)=O)c2ccccc21.N#Cc1ccc(N)cc1.O=CCCC(=O)O. The maximum atomic E-state index is 10.9. The van der Waals surface area contributed by atoms with Crippen LogP contribution in [0.5, 0.6) is 0 Å². The van der Waals surface area contributed by atoms with E-state index in [1.807, 2.05) is 62.0 Å². The summed E-state index contributed by atoms with van der Waals surface area (Å²) < 4.78 is 2.03. The second-order valence-electron chi connectivity index (χ2n) is 11.9. The first-order valence-corrected chi connectivity index (χ1v) is 17.2. The first kappa shape index (κ1) is 44.3. The number of aldehydes is 1. The molecule has 0 fully saturated rings. The van der Waals surface area contributed by atoms with E-state index in [1.54, 1.807) is 24.3 Å². The second-order valence-corrected chi connectivity index (χ2v) is 11.9. The molecule has 0 bridgehead atoms. The molecule has 6 rings (SSSR count). The van der Waals surface area contributed by atoms with Gasteiger partial charge in [0.05, 0.1) is 29.6 Å². The van der Waals surface area contributed by atoms with Crippen molar-refractivity contribution in [1.82, 2.24) is 9.88 Å². The minimum absolute atomic E-state index is 0.0521. The molecule has 0 spiro atoms. The van der Waals surface area contributed by atoms with Gasteiger partial charge in [-0.3, -0.25) is 9.59 Å². The van der Waals surface area contributed by atoms with Crippen molar-refractivity contribution >= 4 is 41.5 Å². The summed E-state index contributed by atoms with van der Waals surface area (Å²) in [6, 6.07) is 48.0. The highest BCUT2D eigenvalue weighted by molar-refractivity contribution is 5.86. The van der Waals surface area contributed by atoms with E-state index < -0.39 is 17.9 Å². The van der Waals surface area contributed by atoms with Gasteiger partial charge in [-0.25, -0.2) is 0 Å². The molecule has 0 aliphatic heterocycles. The lowest BCUT2D eigenvalue weighted by Gasteiger charge is -2.35. The Hall–Kier alpha value is -6.87. The number of fused-ring (bicyclic) bond motifs is 1. The fourth-order valence-electron chi connectivity index (χ4n) is 5.66. The minimum Gasteiger partial charge on any atom is -0.481 e. The lowest BCUT2D eigenvalue weighted by molar-refractivity contribution is -0.137. The summed E-state index contributed by atoms with van der Waals surface area (Å²) in [5, 5.41) is 20.9. The molecular formula is C44H48N6O5. The maximum absolute atomic E-state index is 10.9. The quantitative estimate of drug-likeness (QED) is 0.0659. The Labute approximate surface area is 322 Å². The number of aryl methyl sites for hydroxylation is 1. The summed E-state index contributed by atoms with van der Waals surface area (Å²) >= 11 is 0. The number of nitrogens with two attached hydrogens (primary N) is 3.